The van der Waals surface area contributed by atoms with Gasteiger partial charge in [0.1, 0.15) is 0 Å². The summed E-state index contributed by atoms with van der Waals surface area (Å²) in [7, 11) is 1.39. The monoisotopic (exact) mass is 337 g/mol. The van der Waals surface area contributed by atoms with Crippen molar-refractivity contribution in [2.24, 2.45) is 0 Å². The minimum absolute atomic E-state index is 0.138. The van der Waals surface area contributed by atoms with Gasteiger partial charge in [-0.1, -0.05) is 6.07 Å². The topological polar surface area (TPSA) is 38.3 Å². The maximum Gasteiger partial charge on any atom is 0.256 e. The first-order valence-electron chi connectivity index (χ1n) is 5.92. The Morgan fingerprint density at radius 1 is 1.25 bits per heavy atom. The number of hydrogen-bond acceptors (Lipinski definition) is 2. The van der Waals surface area contributed by atoms with Crippen LogP contribution in [-0.4, -0.2) is 13.0 Å². The molecular weight excluding hydrogens is 325 g/mol. The van der Waals surface area contributed by atoms with E-state index in [-0.39, 0.29) is 11.7 Å². The summed E-state index contributed by atoms with van der Waals surface area (Å²) >= 11 is 3.34. The van der Waals surface area contributed by atoms with E-state index in [0.717, 1.165) is 5.56 Å². The van der Waals surface area contributed by atoms with Gasteiger partial charge in [0, 0.05) is 16.2 Å². The van der Waals surface area contributed by atoms with Crippen molar-refractivity contribution in [1.29, 1.82) is 0 Å². The smallest absolute Gasteiger partial charge is 0.256 e. The Hall–Kier alpha value is -1.88. The quantitative estimate of drug-likeness (QED) is 0.913. The molecule has 1 N–H and O–H groups in total. The van der Waals surface area contributed by atoms with Gasteiger partial charge >= 0.3 is 0 Å². The standard InChI is InChI=1S/C15H13BrFNO2/c1-9-3-5-11(12(16)7-9)15(19)18-10-4-6-14(20-2)13(17)8-10/h3-8H,1-2H3,(H,18,19). The minimum atomic E-state index is -0.520. The van der Waals surface area contributed by atoms with Crippen molar-refractivity contribution in [3.05, 3.63) is 57.8 Å². The van der Waals surface area contributed by atoms with Crippen LogP contribution in [0.15, 0.2) is 40.9 Å². The van der Waals surface area contributed by atoms with Crippen molar-refractivity contribution in [2.75, 3.05) is 12.4 Å². The molecular formula is C15H13BrFNO2. The number of halogens is 2. The molecule has 2 aromatic rings. The first kappa shape index (κ1) is 14.5. The van der Waals surface area contributed by atoms with E-state index in [2.05, 4.69) is 21.2 Å². The van der Waals surface area contributed by atoms with E-state index in [1.54, 1.807) is 12.1 Å². The van der Waals surface area contributed by atoms with Crippen molar-refractivity contribution >= 4 is 27.5 Å². The molecule has 0 atom stereocenters. The van der Waals surface area contributed by atoms with Crippen LogP contribution in [0.5, 0.6) is 5.75 Å². The molecule has 1 amide bonds. The summed E-state index contributed by atoms with van der Waals surface area (Å²) in [5.41, 5.74) is 1.91. The molecule has 0 radical (unpaired) electrons. The molecule has 2 aromatic carbocycles. The van der Waals surface area contributed by atoms with Gasteiger partial charge in [0.15, 0.2) is 11.6 Å². The number of carbonyl (C=O) groups excluding carboxylic acids is 1. The van der Waals surface area contributed by atoms with Crippen LogP contribution >= 0.6 is 15.9 Å². The predicted octanol–water partition coefficient (Wildman–Crippen LogP) is 4.16. The maximum atomic E-state index is 13.5. The van der Waals surface area contributed by atoms with Crippen LogP contribution < -0.4 is 10.1 Å². The van der Waals surface area contributed by atoms with Gasteiger partial charge in [-0.05, 0) is 52.7 Å². The Morgan fingerprint density at radius 3 is 2.60 bits per heavy atom. The minimum Gasteiger partial charge on any atom is -0.494 e. The molecule has 0 bridgehead atoms. The average Bonchev–Trinajstić information content (AvgIpc) is 2.38. The number of nitrogens with one attached hydrogen (secondary N) is 1. The van der Waals surface area contributed by atoms with E-state index < -0.39 is 5.82 Å². The molecule has 0 saturated heterocycles. The van der Waals surface area contributed by atoms with Gasteiger partial charge in [0.2, 0.25) is 0 Å². The Balaban J connectivity index is 2.21. The van der Waals surface area contributed by atoms with Gasteiger partial charge in [0.25, 0.3) is 5.91 Å². The molecule has 0 heterocycles. The number of amides is 1. The summed E-state index contributed by atoms with van der Waals surface area (Å²) < 4.78 is 19.1. The van der Waals surface area contributed by atoms with Gasteiger partial charge in [-0.25, -0.2) is 4.39 Å². The summed E-state index contributed by atoms with van der Waals surface area (Å²) in [6, 6.07) is 9.68. The molecule has 0 spiro atoms. The van der Waals surface area contributed by atoms with Crippen LogP contribution in [0.25, 0.3) is 0 Å². The average molecular weight is 338 g/mol. The predicted molar refractivity (Wildman–Crippen MR) is 79.8 cm³/mol. The van der Waals surface area contributed by atoms with E-state index in [9.17, 15) is 9.18 Å². The zero-order valence-electron chi connectivity index (χ0n) is 11.0. The fourth-order valence-corrected chi connectivity index (χ4v) is 2.42. The fourth-order valence-electron chi connectivity index (χ4n) is 1.75. The van der Waals surface area contributed by atoms with E-state index in [1.807, 2.05) is 19.1 Å². The normalized spacial score (nSPS) is 10.2. The van der Waals surface area contributed by atoms with Gasteiger partial charge in [-0.3, -0.25) is 4.79 Å². The van der Waals surface area contributed by atoms with E-state index >= 15 is 0 Å². The number of anilines is 1. The zero-order chi connectivity index (χ0) is 14.7. The van der Waals surface area contributed by atoms with Gasteiger partial charge in [-0.2, -0.15) is 0 Å². The molecule has 0 unspecified atom stereocenters. The molecule has 0 aliphatic carbocycles. The van der Waals surface area contributed by atoms with Crippen LogP contribution in [0.1, 0.15) is 15.9 Å². The molecule has 0 aliphatic heterocycles. The number of ether oxygens (including phenoxy) is 1. The largest absolute Gasteiger partial charge is 0.494 e. The lowest BCUT2D eigenvalue weighted by Crippen LogP contribution is -2.12. The lowest BCUT2D eigenvalue weighted by Gasteiger charge is -2.09. The highest BCUT2D eigenvalue weighted by atomic mass is 79.9. The van der Waals surface area contributed by atoms with Crippen molar-refractivity contribution < 1.29 is 13.9 Å². The number of rotatable bonds is 3. The Labute approximate surface area is 124 Å². The van der Waals surface area contributed by atoms with Crippen LogP contribution in [0.4, 0.5) is 10.1 Å². The Morgan fingerprint density at radius 2 is 2.00 bits per heavy atom. The van der Waals surface area contributed by atoms with E-state index in [0.29, 0.717) is 15.7 Å². The maximum absolute atomic E-state index is 13.5. The van der Waals surface area contributed by atoms with Crippen LogP contribution in [0.3, 0.4) is 0 Å². The molecule has 104 valence electrons. The molecule has 0 aromatic heterocycles. The van der Waals surface area contributed by atoms with Crippen molar-refractivity contribution in [1.82, 2.24) is 0 Å². The summed E-state index contributed by atoms with van der Waals surface area (Å²) in [6.45, 7) is 1.94. The zero-order valence-corrected chi connectivity index (χ0v) is 12.6. The fraction of sp³-hybridized carbons (Fsp3) is 0.133. The second kappa shape index (κ2) is 6.05. The second-order valence-electron chi connectivity index (χ2n) is 4.29. The molecule has 3 nitrogen and oxygen atoms in total. The van der Waals surface area contributed by atoms with Gasteiger partial charge < -0.3 is 10.1 Å². The van der Waals surface area contributed by atoms with Crippen molar-refractivity contribution in [2.45, 2.75) is 6.92 Å². The van der Waals surface area contributed by atoms with Gasteiger partial charge in [-0.15, -0.1) is 0 Å². The van der Waals surface area contributed by atoms with E-state index in [1.165, 1.54) is 19.2 Å². The lowest BCUT2D eigenvalue weighted by atomic mass is 10.1. The Kier molecular flexibility index (Phi) is 4.39. The summed E-state index contributed by atoms with van der Waals surface area (Å²) in [4.78, 5) is 12.1. The van der Waals surface area contributed by atoms with Crippen LogP contribution in [0, 0.1) is 12.7 Å². The third-order valence-corrected chi connectivity index (χ3v) is 3.43. The lowest BCUT2D eigenvalue weighted by molar-refractivity contribution is 0.102. The van der Waals surface area contributed by atoms with Crippen molar-refractivity contribution in [3.63, 3.8) is 0 Å². The third-order valence-electron chi connectivity index (χ3n) is 2.78. The van der Waals surface area contributed by atoms with E-state index in [4.69, 9.17) is 4.74 Å². The Bertz CT molecular complexity index is 658. The molecule has 0 aliphatic rings. The highest BCUT2D eigenvalue weighted by Crippen LogP contribution is 2.23. The summed E-state index contributed by atoms with van der Waals surface area (Å²) in [5.74, 6) is -0.686. The first-order valence-corrected chi connectivity index (χ1v) is 6.71. The SMILES string of the molecule is COc1ccc(NC(=O)c2ccc(C)cc2Br)cc1F. The summed E-state index contributed by atoms with van der Waals surface area (Å²) in [5, 5.41) is 2.65. The highest BCUT2D eigenvalue weighted by molar-refractivity contribution is 9.10. The van der Waals surface area contributed by atoms with Crippen LogP contribution in [0.2, 0.25) is 0 Å². The molecule has 0 saturated carbocycles. The third kappa shape index (κ3) is 3.17. The number of methoxy groups -OCH3 is 1. The highest BCUT2D eigenvalue weighted by Gasteiger charge is 2.11. The second-order valence-corrected chi connectivity index (χ2v) is 5.14. The number of benzene rings is 2. The van der Waals surface area contributed by atoms with Crippen LogP contribution in [-0.2, 0) is 0 Å². The molecule has 20 heavy (non-hydrogen) atoms. The molecule has 5 heteroatoms. The molecule has 0 fully saturated rings. The first-order chi connectivity index (χ1) is 9.51. The molecule has 2 rings (SSSR count). The van der Waals surface area contributed by atoms with Crippen molar-refractivity contribution in [3.8, 4) is 5.75 Å². The van der Waals surface area contributed by atoms with Gasteiger partial charge in [0.05, 0.1) is 12.7 Å². The number of aryl methyl sites for hydroxylation is 1. The number of carbonyl (C=O) groups is 1. The number of hydrogen-bond donors (Lipinski definition) is 1. The summed E-state index contributed by atoms with van der Waals surface area (Å²) in [6.07, 6.45) is 0.